The van der Waals surface area contributed by atoms with E-state index in [0.29, 0.717) is 24.9 Å². The molecule has 1 aromatic carbocycles. The van der Waals surface area contributed by atoms with Gasteiger partial charge in [-0.1, -0.05) is 44.2 Å². The Morgan fingerprint density at radius 2 is 1.77 bits per heavy atom. The molecule has 0 bridgehead atoms. The summed E-state index contributed by atoms with van der Waals surface area (Å²) in [5, 5.41) is 9.01. The SMILES string of the molecule is C[C@@H]1C[C@@H](C)CN(C(C)(C)CNC(=O)CCC(=O)N2CCC(c3ccccc3)=N2)C1. The minimum absolute atomic E-state index is 0.0685. The lowest BCUT2D eigenvalue weighted by atomic mass is 9.88. The van der Waals surface area contributed by atoms with Crippen molar-refractivity contribution >= 4 is 17.5 Å². The Kier molecular flexibility index (Phi) is 7.29. The van der Waals surface area contributed by atoms with Crippen LogP contribution in [0.1, 0.15) is 58.9 Å². The van der Waals surface area contributed by atoms with Gasteiger partial charge >= 0.3 is 0 Å². The third kappa shape index (κ3) is 5.91. The third-order valence-electron chi connectivity index (χ3n) is 6.21. The van der Waals surface area contributed by atoms with E-state index in [1.807, 2.05) is 30.3 Å². The van der Waals surface area contributed by atoms with Crippen molar-refractivity contribution in [3.8, 4) is 0 Å². The molecule has 0 unspecified atom stereocenters. The maximum atomic E-state index is 12.5. The number of hydrogen-bond acceptors (Lipinski definition) is 4. The second-order valence-corrected chi connectivity index (χ2v) is 9.62. The third-order valence-corrected chi connectivity index (χ3v) is 6.21. The summed E-state index contributed by atoms with van der Waals surface area (Å²) in [5.74, 6) is 1.21. The molecule has 164 valence electrons. The van der Waals surface area contributed by atoms with E-state index in [-0.39, 0.29) is 30.2 Å². The van der Waals surface area contributed by atoms with Gasteiger partial charge < -0.3 is 5.32 Å². The molecule has 2 heterocycles. The van der Waals surface area contributed by atoms with Crippen LogP contribution in [0.5, 0.6) is 0 Å². The standard InChI is InChI=1S/C24H36N4O2/c1-18-14-19(2)16-27(15-18)24(3,4)17-25-22(29)10-11-23(30)28-13-12-21(26-28)20-8-6-5-7-9-20/h5-9,18-19H,10-17H2,1-4H3,(H,25,29)/t18-,19-/m1/s1. The minimum Gasteiger partial charge on any atom is -0.354 e. The highest BCUT2D eigenvalue weighted by atomic mass is 16.2. The first-order valence-corrected chi connectivity index (χ1v) is 11.2. The van der Waals surface area contributed by atoms with Crippen molar-refractivity contribution in [2.45, 2.75) is 58.9 Å². The van der Waals surface area contributed by atoms with Gasteiger partial charge in [0.05, 0.1) is 12.3 Å². The second-order valence-electron chi connectivity index (χ2n) is 9.62. The van der Waals surface area contributed by atoms with Crippen LogP contribution in [0.2, 0.25) is 0 Å². The van der Waals surface area contributed by atoms with Crippen molar-refractivity contribution in [3.63, 3.8) is 0 Å². The molecule has 1 saturated heterocycles. The lowest BCUT2D eigenvalue weighted by molar-refractivity contribution is -0.133. The Bertz CT molecular complexity index is 765. The van der Waals surface area contributed by atoms with Crippen molar-refractivity contribution in [3.05, 3.63) is 35.9 Å². The molecule has 2 aliphatic rings. The van der Waals surface area contributed by atoms with Gasteiger partial charge in [-0.3, -0.25) is 14.5 Å². The van der Waals surface area contributed by atoms with Gasteiger partial charge in [0, 0.05) is 44.4 Å². The van der Waals surface area contributed by atoms with E-state index in [4.69, 9.17) is 0 Å². The maximum absolute atomic E-state index is 12.5. The average Bonchev–Trinajstić information content (AvgIpc) is 3.21. The summed E-state index contributed by atoms with van der Waals surface area (Å²) < 4.78 is 0. The molecular formula is C24H36N4O2. The monoisotopic (exact) mass is 412 g/mol. The fourth-order valence-electron chi connectivity index (χ4n) is 4.49. The molecule has 2 amide bonds. The molecule has 30 heavy (non-hydrogen) atoms. The molecule has 2 aliphatic heterocycles. The summed E-state index contributed by atoms with van der Waals surface area (Å²) in [5.41, 5.74) is 1.89. The predicted molar refractivity (Wildman–Crippen MR) is 120 cm³/mol. The van der Waals surface area contributed by atoms with Crippen LogP contribution in [0.25, 0.3) is 0 Å². The van der Waals surface area contributed by atoms with E-state index in [1.54, 1.807) is 0 Å². The van der Waals surface area contributed by atoms with Crippen molar-refractivity contribution in [1.29, 1.82) is 0 Å². The van der Waals surface area contributed by atoms with Gasteiger partial charge in [-0.2, -0.15) is 5.10 Å². The van der Waals surface area contributed by atoms with Crippen molar-refractivity contribution in [2.24, 2.45) is 16.9 Å². The summed E-state index contributed by atoms with van der Waals surface area (Å²) in [7, 11) is 0. The van der Waals surface area contributed by atoms with E-state index in [1.165, 1.54) is 11.4 Å². The molecule has 0 spiro atoms. The van der Waals surface area contributed by atoms with Crippen LogP contribution < -0.4 is 5.32 Å². The van der Waals surface area contributed by atoms with Crippen LogP contribution in [-0.2, 0) is 9.59 Å². The molecule has 0 aliphatic carbocycles. The number of piperidine rings is 1. The zero-order valence-electron chi connectivity index (χ0n) is 18.9. The molecule has 6 nitrogen and oxygen atoms in total. The van der Waals surface area contributed by atoms with Crippen LogP contribution in [0, 0.1) is 11.8 Å². The van der Waals surface area contributed by atoms with Gasteiger partial charge in [-0.25, -0.2) is 5.01 Å². The number of likely N-dealkylation sites (tertiary alicyclic amines) is 1. The predicted octanol–water partition coefficient (Wildman–Crippen LogP) is 3.28. The van der Waals surface area contributed by atoms with Gasteiger partial charge in [0.1, 0.15) is 0 Å². The van der Waals surface area contributed by atoms with Crippen LogP contribution in [0.4, 0.5) is 0 Å². The number of carbonyl (C=O) groups is 2. The van der Waals surface area contributed by atoms with E-state index in [0.717, 1.165) is 30.8 Å². The number of benzene rings is 1. The number of hydrogen-bond donors (Lipinski definition) is 1. The fraction of sp³-hybridized carbons (Fsp3) is 0.625. The first-order valence-electron chi connectivity index (χ1n) is 11.2. The Labute approximate surface area is 180 Å². The molecule has 0 radical (unpaired) electrons. The molecule has 1 aromatic rings. The Hall–Kier alpha value is -2.21. The van der Waals surface area contributed by atoms with Gasteiger partial charge in [0.2, 0.25) is 11.8 Å². The smallest absolute Gasteiger partial charge is 0.243 e. The largest absolute Gasteiger partial charge is 0.354 e. The highest BCUT2D eigenvalue weighted by Crippen LogP contribution is 2.26. The summed E-state index contributed by atoms with van der Waals surface area (Å²) in [6, 6.07) is 9.92. The van der Waals surface area contributed by atoms with E-state index < -0.39 is 0 Å². The number of hydrazone groups is 1. The van der Waals surface area contributed by atoms with Crippen molar-refractivity contribution < 1.29 is 9.59 Å². The quantitative estimate of drug-likeness (QED) is 0.747. The molecular weight excluding hydrogens is 376 g/mol. The molecule has 3 rings (SSSR count). The molecule has 1 N–H and O–H groups in total. The molecule has 0 aromatic heterocycles. The molecule has 2 atom stereocenters. The topological polar surface area (TPSA) is 65.0 Å². The van der Waals surface area contributed by atoms with Crippen LogP contribution in [0.15, 0.2) is 35.4 Å². The number of nitrogens with zero attached hydrogens (tertiary/aromatic N) is 3. The lowest BCUT2D eigenvalue weighted by Crippen LogP contribution is -2.56. The van der Waals surface area contributed by atoms with Crippen LogP contribution in [-0.4, -0.2) is 59.2 Å². The summed E-state index contributed by atoms with van der Waals surface area (Å²) in [6.45, 7) is 12.3. The number of carbonyl (C=O) groups excluding carboxylic acids is 2. The number of nitrogens with one attached hydrogen (secondary N) is 1. The van der Waals surface area contributed by atoms with Gasteiger partial charge in [-0.05, 0) is 37.7 Å². The number of rotatable bonds is 7. The lowest BCUT2D eigenvalue weighted by Gasteiger charge is -2.45. The Morgan fingerprint density at radius 1 is 1.10 bits per heavy atom. The average molecular weight is 413 g/mol. The van der Waals surface area contributed by atoms with E-state index in [9.17, 15) is 9.59 Å². The summed E-state index contributed by atoms with van der Waals surface area (Å²) in [6.07, 6.45) is 2.42. The summed E-state index contributed by atoms with van der Waals surface area (Å²) >= 11 is 0. The van der Waals surface area contributed by atoms with Crippen molar-refractivity contribution in [1.82, 2.24) is 15.2 Å². The van der Waals surface area contributed by atoms with Gasteiger partial charge in [0.25, 0.3) is 0 Å². The Balaban J connectivity index is 1.43. The van der Waals surface area contributed by atoms with Crippen LogP contribution >= 0.6 is 0 Å². The minimum atomic E-state index is -0.0908. The van der Waals surface area contributed by atoms with E-state index >= 15 is 0 Å². The zero-order chi connectivity index (χ0) is 21.7. The van der Waals surface area contributed by atoms with Crippen molar-refractivity contribution in [2.75, 3.05) is 26.2 Å². The Morgan fingerprint density at radius 3 is 2.43 bits per heavy atom. The zero-order valence-corrected chi connectivity index (χ0v) is 18.9. The fourth-order valence-corrected chi connectivity index (χ4v) is 4.49. The highest BCUT2D eigenvalue weighted by molar-refractivity contribution is 6.02. The van der Waals surface area contributed by atoms with Crippen LogP contribution in [0.3, 0.4) is 0 Å². The molecule has 6 heteroatoms. The summed E-state index contributed by atoms with van der Waals surface area (Å²) in [4.78, 5) is 27.3. The first-order chi connectivity index (χ1) is 14.2. The number of amides is 2. The highest BCUT2D eigenvalue weighted by Gasteiger charge is 2.33. The van der Waals surface area contributed by atoms with E-state index in [2.05, 4.69) is 43.0 Å². The molecule has 1 fully saturated rings. The molecule has 0 saturated carbocycles. The maximum Gasteiger partial charge on any atom is 0.243 e. The normalized spacial score (nSPS) is 22.7. The second kappa shape index (κ2) is 9.73. The van der Waals surface area contributed by atoms with Gasteiger partial charge in [-0.15, -0.1) is 0 Å². The first kappa shape index (κ1) is 22.5. The van der Waals surface area contributed by atoms with Gasteiger partial charge in [0.15, 0.2) is 0 Å².